The first kappa shape index (κ1) is 15.4. The lowest BCUT2D eigenvalue weighted by Gasteiger charge is -2.07. The molecule has 19 heavy (non-hydrogen) atoms. The molecule has 0 aromatic heterocycles. The molecular weight excluding hydrogens is 513 g/mol. The summed E-state index contributed by atoms with van der Waals surface area (Å²) in [6, 6.07) is 8.28. The quantitative estimate of drug-likeness (QED) is 0.278. The SMILES string of the molecule is O=C(c1cc(I)ccc1Br)c1ccc(Br)c(Cl)c1F. The van der Waals surface area contributed by atoms with Gasteiger partial charge < -0.3 is 0 Å². The van der Waals surface area contributed by atoms with Crippen LogP contribution in [0, 0.1) is 9.39 Å². The summed E-state index contributed by atoms with van der Waals surface area (Å²) in [5, 5.41) is -0.0902. The topological polar surface area (TPSA) is 17.1 Å². The molecule has 98 valence electrons. The highest BCUT2D eigenvalue weighted by molar-refractivity contribution is 14.1. The number of hydrogen-bond donors (Lipinski definition) is 0. The molecule has 0 aliphatic rings. The molecule has 0 saturated carbocycles. The minimum Gasteiger partial charge on any atom is -0.288 e. The zero-order valence-electron chi connectivity index (χ0n) is 9.18. The van der Waals surface area contributed by atoms with Gasteiger partial charge in [-0.2, -0.15) is 0 Å². The van der Waals surface area contributed by atoms with E-state index < -0.39 is 11.6 Å². The van der Waals surface area contributed by atoms with Gasteiger partial charge in [-0.1, -0.05) is 27.5 Å². The molecule has 0 N–H and O–H groups in total. The average molecular weight is 518 g/mol. The summed E-state index contributed by atoms with van der Waals surface area (Å²) >= 11 is 14.3. The molecule has 0 amide bonds. The van der Waals surface area contributed by atoms with E-state index in [2.05, 4.69) is 54.5 Å². The Morgan fingerprint density at radius 2 is 1.74 bits per heavy atom. The minimum atomic E-state index is -0.716. The molecule has 0 atom stereocenters. The zero-order chi connectivity index (χ0) is 14.2. The molecule has 2 rings (SSSR count). The number of halogens is 5. The Hall–Kier alpha value is 0.0200. The first-order chi connectivity index (χ1) is 8.91. The van der Waals surface area contributed by atoms with E-state index in [0.29, 0.717) is 14.5 Å². The van der Waals surface area contributed by atoms with Crippen molar-refractivity contribution in [3.05, 3.63) is 64.8 Å². The number of ketones is 1. The Morgan fingerprint density at radius 1 is 1.11 bits per heavy atom. The van der Waals surface area contributed by atoms with E-state index in [1.165, 1.54) is 6.07 Å². The van der Waals surface area contributed by atoms with Crippen LogP contribution in [0.1, 0.15) is 15.9 Å². The summed E-state index contributed by atoms with van der Waals surface area (Å²) in [6.07, 6.45) is 0. The Morgan fingerprint density at radius 3 is 2.42 bits per heavy atom. The maximum atomic E-state index is 14.0. The Kier molecular flexibility index (Phi) is 5.03. The normalized spacial score (nSPS) is 10.6. The van der Waals surface area contributed by atoms with Crippen LogP contribution in [0.4, 0.5) is 4.39 Å². The van der Waals surface area contributed by atoms with Gasteiger partial charge in [-0.05, 0) is 68.9 Å². The standard InChI is InChI=1S/C13H5Br2ClFIO/c14-9-3-1-6(18)5-8(9)13(19)7-2-4-10(15)11(16)12(7)17/h1-5H. The largest absolute Gasteiger partial charge is 0.288 e. The lowest BCUT2D eigenvalue weighted by molar-refractivity contribution is 0.103. The summed E-state index contributed by atoms with van der Waals surface area (Å²) < 4.78 is 16.0. The molecule has 6 heteroatoms. The summed E-state index contributed by atoms with van der Waals surface area (Å²) in [7, 11) is 0. The van der Waals surface area contributed by atoms with Gasteiger partial charge in [0.25, 0.3) is 0 Å². The Balaban J connectivity index is 2.56. The minimum absolute atomic E-state index is 0.0455. The summed E-state index contributed by atoms with van der Waals surface area (Å²) in [5.74, 6) is -1.12. The van der Waals surface area contributed by atoms with Gasteiger partial charge in [-0.3, -0.25) is 4.79 Å². The van der Waals surface area contributed by atoms with Gasteiger partial charge in [-0.15, -0.1) is 0 Å². The van der Waals surface area contributed by atoms with Crippen LogP contribution in [-0.2, 0) is 0 Å². The second-order valence-electron chi connectivity index (χ2n) is 3.68. The van der Waals surface area contributed by atoms with E-state index in [1.807, 2.05) is 6.07 Å². The van der Waals surface area contributed by atoms with Crippen molar-refractivity contribution in [3.8, 4) is 0 Å². The van der Waals surface area contributed by atoms with Crippen molar-refractivity contribution < 1.29 is 9.18 Å². The average Bonchev–Trinajstić information content (AvgIpc) is 2.38. The van der Waals surface area contributed by atoms with Gasteiger partial charge in [0.1, 0.15) is 0 Å². The molecule has 0 bridgehead atoms. The lowest BCUT2D eigenvalue weighted by atomic mass is 10.0. The molecule has 0 saturated heterocycles. The van der Waals surface area contributed by atoms with E-state index in [-0.39, 0.29) is 10.6 Å². The van der Waals surface area contributed by atoms with Crippen LogP contribution in [0.2, 0.25) is 5.02 Å². The summed E-state index contributed by atoms with van der Waals surface area (Å²) in [5.41, 5.74) is 0.361. The second-order valence-corrected chi connectivity index (χ2v) is 7.01. The molecule has 1 nitrogen and oxygen atoms in total. The fourth-order valence-corrected chi connectivity index (χ4v) is 2.91. The smallest absolute Gasteiger partial charge is 0.197 e. The first-order valence-electron chi connectivity index (χ1n) is 5.05. The number of benzene rings is 2. The number of carbonyl (C=O) groups is 1. The highest BCUT2D eigenvalue weighted by atomic mass is 127. The van der Waals surface area contributed by atoms with E-state index in [9.17, 15) is 9.18 Å². The van der Waals surface area contributed by atoms with Crippen molar-refractivity contribution in [2.75, 3.05) is 0 Å². The van der Waals surface area contributed by atoms with Crippen LogP contribution in [0.15, 0.2) is 39.3 Å². The van der Waals surface area contributed by atoms with Crippen LogP contribution in [0.5, 0.6) is 0 Å². The van der Waals surface area contributed by atoms with E-state index >= 15 is 0 Å². The van der Waals surface area contributed by atoms with Gasteiger partial charge >= 0.3 is 0 Å². The maximum absolute atomic E-state index is 14.0. The molecule has 2 aromatic carbocycles. The first-order valence-corrected chi connectivity index (χ1v) is 8.09. The molecule has 0 aliphatic carbocycles. The number of rotatable bonds is 2. The molecule has 0 heterocycles. The van der Waals surface area contributed by atoms with E-state index in [4.69, 9.17) is 11.6 Å². The van der Waals surface area contributed by atoms with Crippen molar-refractivity contribution >= 4 is 71.8 Å². The predicted molar refractivity (Wildman–Crippen MR) is 89.4 cm³/mol. The third-order valence-electron chi connectivity index (χ3n) is 2.45. The number of carbonyl (C=O) groups excluding carboxylic acids is 1. The zero-order valence-corrected chi connectivity index (χ0v) is 15.3. The lowest BCUT2D eigenvalue weighted by Crippen LogP contribution is -2.06. The van der Waals surface area contributed by atoms with Crippen LogP contribution >= 0.6 is 66.1 Å². The predicted octanol–water partition coefficient (Wildman–Crippen LogP) is 5.84. The highest BCUT2D eigenvalue weighted by Crippen LogP contribution is 2.30. The van der Waals surface area contributed by atoms with Crippen LogP contribution < -0.4 is 0 Å². The van der Waals surface area contributed by atoms with Gasteiger partial charge in [0.2, 0.25) is 0 Å². The highest BCUT2D eigenvalue weighted by Gasteiger charge is 2.20. The van der Waals surface area contributed by atoms with Crippen LogP contribution in [-0.4, -0.2) is 5.78 Å². The summed E-state index contributed by atoms with van der Waals surface area (Å²) in [6.45, 7) is 0. The third-order valence-corrected chi connectivity index (χ3v) is 5.07. The van der Waals surface area contributed by atoms with Crippen molar-refractivity contribution in [1.82, 2.24) is 0 Å². The van der Waals surface area contributed by atoms with Crippen molar-refractivity contribution in [3.63, 3.8) is 0 Å². The summed E-state index contributed by atoms with van der Waals surface area (Å²) in [4.78, 5) is 12.4. The molecule has 0 fully saturated rings. The Bertz CT molecular complexity index is 676. The number of hydrogen-bond acceptors (Lipinski definition) is 1. The third kappa shape index (κ3) is 3.20. The molecule has 0 radical (unpaired) electrons. The molecular formula is C13H5Br2ClFIO. The Labute approximate surface area is 144 Å². The molecule has 0 aliphatic heterocycles. The fraction of sp³-hybridized carbons (Fsp3) is 0. The molecule has 2 aromatic rings. The van der Waals surface area contributed by atoms with E-state index in [1.54, 1.807) is 18.2 Å². The fourth-order valence-electron chi connectivity index (χ4n) is 1.52. The van der Waals surface area contributed by atoms with Crippen LogP contribution in [0.3, 0.4) is 0 Å². The molecule has 0 unspecified atom stereocenters. The second kappa shape index (κ2) is 6.20. The van der Waals surface area contributed by atoms with Crippen LogP contribution in [0.25, 0.3) is 0 Å². The maximum Gasteiger partial charge on any atom is 0.197 e. The van der Waals surface area contributed by atoms with Crippen molar-refractivity contribution in [1.29, 1.82) is 0 Å². The van der Waals surface area contributed by atoms with Crippen molar-refractivity contribution in [2.45, 2.75) is 0 Å². The van der Waals surface area contributed by atoms with Crippen molar-refractivity contribution in [2.24, 2.45) is 0 Å². The van der Waals surface area contributed by atoms with Gasteiger partial charge in [0.15, 0.2) is 11.6 Å². The van der Waals surface area contributed by atoms with Gasteiger partial charge in [-0.25, -0.2) is 4.39 Å². The van der Waals surface area contributed by atoms with Gasteiger partial charge in [0, 0.05) is 18.1 Å². The van der Waals surface area contributed by atoms with Gasteiger partial charge in [0.05, 0.1) is 10.6 Å². The monoisotopic (exact) mass is 516 g/mol. The van der Waals surface area contributed by atoms with E-state index in [0.717, 1.165) is 3.57 Å². The molecule has 0 spiro atoms.